The number of unbranched alkanes of at least 4 members (excludes halogenated alkanes) is 3. The highest BCUT2D eigenvalue weighted by atomic mass is 16.5. The standard InChI is InChI=1S/C16H31NO/c1-3-5-6-7-8-11-16(17-12-4-2)15-10-9-13-18-14-15/h3,15-17H,1,4-14H2,2H3. The number of nitrogens with one attached hydrogen (secondary N) is 1. The topological polar surface area (TPSA) is 21.3 Å². The maximum absolute atomic E-state index is 5.63. The number of allylic oxidation sites excluding steroid dienone is 1. The molecule has 1 saturated heterocycles. The molecule has 2 atom stereocenters. The third-order valence-electron chi connectivity index (χ3n) is 3.84. The summed E-state index contributed by atoms with van der Waals surface area (Å²) in [5.74, 6) is 0.740. The van der Waals surface area contributed by atoms with Gasteiger partial charge in [-0.15, -0.1) is 6.58 Å². The van der Waals surface area contributed by atoms with Gasteiger partial charge >= 0.3 is 0 Å². The minimum Gasteiger partial charge on any atom is -0.381 e. The fourth-order valence-electron chi connectivity index (χ4n) is 2.75. The van der Waals surface area contributed by atoms with E-state index in [-0.39, 0.29) is 0 Å². The molecule has 106 valence electrons. The Kier molecular flexibility index (Phi) is 9.23. The Morgan fingerprint density at radius 1 is 1.39 bits per heavy atom. The van der Waals surface area contributed by atoms with Crippen molar-refractivity contribution in [2.75, 3.05) is 19.8 Å². The van der Waals surface area contributed by atoms with E-state index in [2.05, 4.69) is 18.8 Å². The van der Waals surface area contributed by atoms with Crippen LogP contribution >= 0.6 is 0 Å². The maximum Gasteiger partial charge on any atom is 0.0509 e. The Bertz CT molecular complexity index is 199. The summed E-state index contributed by atoms with van der Waals surface area (Å²) < 4.78 is 5.63. The summed E-state index contributed by atoms with van der Waals surface area (Å²) in [5.41, 5.74) is 0. The van der Waals surface area contributed by atoms with Gasteiger partial charge in [-0.3, -0.25) is 0 Å². The van der Waals surface area contributed by atoms with Gasteiger partial charge in [-0.25, -0.2) is 0 Å². The summed E-state index contributed by atoms with van der Waals surface area (Å²) in [4.78, 5) is 0. The van der Waals surface area contributed by atoms with Crippen LogP contribution in [0.3, 0.4) is 0 Å². The third kappa shape index (κ3) is 6.55. The number of rotatable bonds is 10. The minimum absolute atomic E-state index is 0.675. The largest absolute Gasteiger partial charge is 0.381 e. The van der Waals surface area contributed by atoms with E-state index in [9.17, 15) is 0 Å². The smallest absolute Gasteiger partial charge is 0.0509 e. The first kappa shape index (κ1) is 15.7. The normalized spacial score (nSPS) is 21.7. The molecule has 0 aromatic carbocycles. The van der Waals surface area contributed by atoms with E-state index in [1.165, 1.54) is 51.4 Å². The van der Waals surface area contributed by atoms with Gasteiger partial charge in [-0.05, 0) is 51.0 Å². The molecule has 2 heteroatoms. The van der Waals surface area contributed by atoms with Crippen molar-refractivity contribution >= 4 is 0 Å². The van der Waals surface area contributed by atoms with Gasteiger partial charge in [0.15, 0.2) is 0 Å². The van der Waals surface area contributed by atoms with E-state index in [4.69, 9.17) is 4.74 Å². The molecule has 1 fully saturated rings. The Morgan fingerprint density at radius 2 is 2.28 bits per heavy atom. The van der Waals surface area contributed by atoms with Crippen molar-refractivity contribution in [3.63, 3.8) is 0 Å². The molecule has 18 heavy (non-hydrogen) atoms. The third-order valence-corrected chi connectivity index (χ3v) is 3.84. The Labute approximate surface area is 113 Å². The first-order chi connectivity index (χ1) is 8.88. The van der Waals surface area contributed by atoms with Gasteiger partial charge in [0.2, 0.25) is 0 Å². The van der Waals surface area contributed by atoms with Gasteiger partial charge in [-0.2, -0.15) is 0 Å². The lowest BCUT2D eigenvalue weighted by Crippen LogP contribution is -2.40. The zero-order valence-electron chi connectivity index (χ0n) is 12.1. The van der Waals surface area contributed by atoms with Crippen molar-refractivity contribution in [1.29, 1.82) is 0 Å². The van der Waals surface area contributed by atoms with Crippen molar-refractivity contribution in [3.8, 4) is 0 Å². The monoisotopic (exact) mass is 253 g/mol. The summed E-state index contributed by atoms with van der Waals surface area (Å²) >= 11 is 0. The summed E-state index contributed by atoms with van der Waals surface area (Å²) in [6.45, 7) is 9.10. The van der Waals surface area contributed by atoms with Crippen molar-refractivity contribution < 1.29 is 4.74 Å². The molecule has 1 heterocycles. The SMILES string of the molecule is C=CCCCCCC(NCCC)C1CCCOC1. The van der Waals surface area contributed by atoms with Crippen LogP contribution in [0, 0.1) is 5.92 Å². The lowest BCUT2D eigenvalue weighted by Gasteiger charge is -2.31. The van der Waals surface area contributed by atoms with Crippen molar-refractivity contribution in [2.24, 2.45) is 5.92 Å². The Hall–Kier alpha value is -0.340. The van der Waals surface area contributed by atoms with Crippen molar-refractivity contribution in [3.05, 3.63) is 12.7 Å². The van der Waals surface area contributed by atoms with Crippen LogP contribution < -0.4 is 5.32 Å². The summed E-state index contributed by atoms with van der Waals surface area (Å²) in [6, 6.07) is 0.675. The number of ether oxygens (including phenoxy) is 1. The first-order valence-electron chi connectivity index (χ1n) is 7.80. The Balaban J connectivity index is 2.22. The summed E-state index contributed by atoms with van der Waals surface area (Å²) in [6.07, 6.45) is 12.3. The van der Waals surface area contributed by atoms with Crippen LogP contribution in [0.15, 0.2) is 12.7 Å². The fraction of sp³-hybridized carbons (Fsp3) is 0.875. The predicted octanol–water partition coefficient (Wildman–Crippen LogP) is 3.92. The molecule has 0 amide bonds. The Morgan fingerprint density at radius 3 is 2.94 bits per heavy atom. The van der Waals surface area contributed by atoms with E-state index >= 15 is 0 Å². The van der Waals surface area contributed by atoms with Gasteiger partial charge < -0.3 is 10.1 Å². The minimum atomic E-state index is 0.675. The van der Waals surface area contributed by atoms with Gasteiger partial charge in [-0.1, -0.05) is 25.8 Å². The highest BCUT2D eigenvalue weighted by Gasteiger charge is 2.23. The van der Waals surface area contributed by atoms with Gasteiger partial charge in [0.25, 0.3) is 0 Å². The predicted molar refractivity (Wildman–Crippen MR) is 78.9 cm³/mol. The molecule has 2 nitrogen and oxygen atoms in total. The van der Waals surface area contributed by atoms with Crippen molar-refractivity contribution in [1.82, 2.24) is 5.32 Å². The fourth-order valence-corrected chi connectivity index (χ4v) is 2.75. The van der Waals surface area contributed by atoms with Crippen LogP contribution in [0.4, 0.5) is 0 Å². The first-order valence-corrected chi connectivity index (χ1v) is 7.80. The molecule has 1 aliphatic rings. The molecular formula is C16H31NO. The van der Waals surface area contributed by atoms with E-state index in [1.807, 2.05) is 6.08 Å². The quantitative estimate of drug-likeness (QED) is 0.471. The van der Waals surface area contributed by atoms with Crippen LogP contribution in [0.25, 0.3) is 0 Å². The molecule has 0 aromatic heterocycles. The highest BCUT2D eigenvalue weighted by molar-refractivity contribution is 4.78. The van der Waals surface area contributed by atoms with Crippen molar-refractivity contribution in [2.45, 2.75) is 64.3 Å². The summed E-state index contributed by atoms with van der Waals surface area (Å²) in [7, 11) is 0. The summed E-state index contributed by atoms with van der Waals surface area (Å²) in [5, 5.41) is 3.73. The number of hydrogen-bond donors (Lipinski definition) is 1. The lowest BCUT2D eigenvalue weighted by molar-refractivity contribution is 0.0375. The molecule has 1 N–H and O–H groups in total. The average Bonchev–Trinajstić information content (AvgIpc) is 2.43. The number of hydrogen-bond acceptors (Lipinski definition) is 2. The second kappa shape index (κ2) is 10.6. The van der Waals surface area contributed by atoms with E-state index in [1.54, 1.807) is 0 Å². The molecule has 0 saturated carbocycles. The molecule has 0 radical (unpaired) electrons. The second-order valence-corrected chi connectivity index (χ2v) is 5.46. The zero-order chi connectivity index (χ0) is 13.1. The molecule has 1 aliphatic heterocycles. The van der Waals surface area contributed by atoms with Crippen LogP contribution in [-0.4, -0.2) is 25.8 Å². The van der Waals surface area contributed by atoms with E-state index in [0.717, 1.165) is 25.7 Å². The van der Waals surface area contributed by atoms with Gasteiger partial charge in [0.1, 0.15) is 0 Å². The van der Waals surface area contributed by atoms with Gasteiger partial charge in [0, 0.05) is 12.6 Å². The highest BCUT2D eigenvalue weighted by Crippen LogP contribution is 2.21. The molecule has 2 unspecified atom stereocenters. The molecule has 0 spiro atoms. The molecule has 0 bridgehead atoms. The zero-order valence-corrected chi connectivity index (χ0v) is 12.1. The van der Waals surface area contributed by atoms with Crippen LogP contribution in [-0.2, 0) is 4.74 Å². The molecule has 1 rings (SSSR count). The van der Waals surface area contributed by atoms with E-state index < -0.39 is 0 Å². The van der Waals surface area contributed by atoms with Crippen LogP contribution in [0.2, 0.25) is 0 Å². The molecular weight excluding hydrogens is 222 g/mol. The van der Waals surface area contributed by atoms with Crippen LogP contribution in [0.5, 0.6) is 0 Å². The lowest BCUT2D eigenvalue weighted by atomic mass is 9.90. The van der Waals surface area contributed by atoms with E-state index in [0.29, 0.717) is 6.04 Å². The second-order valence-electron chi connectivity index (χ2n) is 5.46. The maximum atomic E-state index is 5.63. The van der Waals surface area contributed by atoms with Crippen LogP contribution in [0.1, 0.15) is 58.3 Å². The molecule has 0 aromatic rings. The molecule has 0 aliphatic carbocycles. The van der Waals surface area contributed by atoms with Gasteiger partial charge in [0.05, 0.1) is 6.61 Å². The average molecular weight is 253 g/mol.